The van der Waals surface area contributed by atoms with Crippen molar-refractivity contribution in [1.29, 1.82) is 0 Å². The Morgan fingerprint density at radius 3 is 3.00 bits per heavy atom. The molecule has 0 spiro atoms. The van der Waals surface area contributed by atoms with E-state index in [2.05, 4.69) is 13.2 Å². The average Bonchev–Trinajstić information content (AvgIpc) is 2.49. The van der Waals surface area contributed by atoms with E-state index < -0.39 is 0 Å². The van der Waals surface area contributed by atoms with Crippen LogP contribution in [0.3, 0.4) is 0 Å². The Hall–Kier alpha value is -1.28. The zero-order valence-electron chi connectivity index (χ0n) is 8.03. The summed E-state index contributed by atoms with van der Waals surface area (Å²) in [6.07, 6.45) is 4.59. The highest BCUT2D eigenvalue weighted by molar-refractivity contribution is 5.53. The second-order valence-corrected chi connectivity index (χ2v) is 3.25. The largest absolute Gasteiger partial charge is 0.328 e. The maximum atomic E-state index is 5.69. The molecule has 2 N–H and O–H groups in total. The summed E-state index contributed by atoms with van der Waals surface area (Å²) in [5.41, 5.74) is 7.76. The fourth-order valence-corrected chi connectivity index (χ4v) is 1.32. The Bertz CT molecular complexity index is 308. The molecule has 1 heterocycles. The molecule has 0 saturated carbocycles. The smallest absolute Gasteiger partial charge is 0.0446 e. The summed E-state index contributed by atoms with van der Waals surface area (Å²) in [7, 11) is 0. The van der Waals surface area contributed by atoms with Crippen molar-refractivity contribution in [1.82, 2.24) is 4.57 Å². The zero-order chi connectivity index (χ0) is 9.84. The Balaban J connectivity index is 2.82. The van der Waals surface area contributed by atoms with Crippen molar-refractivity contribution in [3.63, 3.8) is 0 Å². The van der Waals surface area contributed by atoms with Crippen LogP contribution in [0.25, 0.3) is 11.8 Å². The fourth-order valence-electron chi connectivity index (χ4n) is 1.32. The quantitative estimate of drug-likeness (QED) is 0.750. The first-order chi connectivity index (χ1) is 6.15. The lowest BCUT2D eigenvalue weighted by Crippen LogP contribution is -2.16. The third kappa shape index (κ3) is 2.33. The van der Waals surface area contributed by atoms with Gasteiger partial charge in [-0.05, 0) is 25.1 Å². The van der Waals surface area contributed by atoms with Gasteiger partial charge in [-0.15, -0.1) is 0 Å². The van der Waals surface area contributed by atoms with Gasteiger partial charge >= 0.3 is 0 Å². The first-order valence-electron chi connectivity index (χ1n) is 4.38. The van der Waals surface area contributed by atoms with Crippen LogP contribution in [0.15, 0.2) is 31.5 Å². The highest BCUT2D eigenvalue weighted by Gasteiger charge is 2.03. The van der Waals surface area contributed by atoms with E-state index >= 15 is 0 Å². The van der Waals surface area contributed by atoms with Crippen molar-refractivity contribution in [2.75, 3.05) is 0 Å². The van der Waals surface area contributed by atoms with Crippen molar-refractivity contribution in [2.45, 2.75) is 19.4 Å². The SMILES string of the molecule is C=Cc1cccn1C(=C)CC(C)N. The van der Waals surface area contributed by atoms with Gasteiger partial charge in [0, 0.05) is 30.1 Å². The summed E-state index contributed by atoms with van der Waals surface area (Å²) in [5.74, 6) is 0. The predicted octanol–water partition coefficient (Wildman–Crippen LogP) is 2.34. The number of rotatable bonds is 4. The topological polar surface area (TPSA) is 30.9 Å². The number of hydrogen-bond acceptors (Lipinski definition) is 1. The van der Waals surface area contributed by atoms with Gasteiger partial charge in [0.1, 0.15) is 0 Å². The van der Waals surface area contributed by atoms with Gasteiger partial charge in [-0.1, -0.05) is 13.2 Å². The molecule has 0 aliphatic rings. The lowest BCUT2D eigenvalue weighted by atomic mass is 10.2. The molecule has 1 aromatic rings. The number of hydrogen-bond donors (Lipinski definition) is 1. The monoisotopic (exact) mass is 176 g/mol. The van der Waals surface area contributed by atoms with Crippen molar-refractivity contribution < 1.29 is 0 Å². The number of aromatic nitrogens is 1. The molecule has 0 fully saturated rings. The summed E-state index contributed by atoms with van der Waals surface area (Å²) in [6.45, 7) is 9.69. The van der Waals surface area contributed by atoms with Gasteiger partial charge < -0.3 is 10.3 Å². The van der Waals surface area contributed by atoms with E-state index in [0.29, 0.717) is 0 Å². The van der Waals surface area contributed by atoms with Crippen LogP contribution in [-0.4, -0.2) is 10.6 Å². The number of nitrogens with two attached hydrogens (primary N) is 1. The van der Waals surface area contributed by atoms with Crippen LogP contribution in [0.4, 0.5) is 0 Å². The van der Waals surface area contributed by atoms with Gasteiger partial charge in [-0.3, -0.25) is 0 Å². The van der Waals surface area contributed by atoms with Gasteiger partial charge in [0.15, 0.2) is 0 Å². The third-order valence-electron chi connectivity index (χ3n) is 1.89. The first kappa shape index (κ1) is 9.81. The molecule has 70 valence electrons. The molecule has 0 aliphatic heterocycles. The molecule has 0 saturated heterocycles. The molecule has 1 unspecified atom stereocenters. The average molecular weight is 176 g/mol. The molecule has 2 nitrogen and oxygen atoms in total. The molecule has 0 aromatic carbocycles. The molecule has 1 aromatic heterocycles. The molecule has 0 radical (unpaired) electrons. The minimum absolute atomic E-state index is 0.146. The first-order valence-corrected chi connectivity index (χ1v) is 4.38. The van der Waals surface area contributed by atoms with E-state index in [-0.39, 0.29) is 6.04 Å². The second-order valence-electron chi connectivity index (χ2n) is 3.25. The molecule has 13 heavy (non-hydrogen) atoms. The van der Waals surface area contributed by atoms with Gasteiger partial charge in [0.25, 0.3) is 0 Å². The van der Waals surface area contributed by atoms with Gasteiger partial charge in [-0.2, -0.15) is 0 Å². The lowest BCUT2D eigenvalue weighted by molar-refractivity contribution is 0.745. The van der Waals surface area contributed by atoms with Crippen LogP contribution in [0.2, 0.25) is 0 Å². The molecular formula is C11H16N2. The Morgan fingerprint density at radius 1 is 1.77 bits per heavy atom. The van der Waals surface area contributed by atoms with Crippen LogP contribution in [0, 0.1) is 0 Å². The lowest BCUT2D eigenvalue weighted by Gasteiger charge is -2.11. The highest BCUT2D eigenvalue weighted by Crippen LogP contribution is 2.14. The van der Waals surface area contributed by atoms with E-state index in [1.165, 1.54) is 0 Å². The summed E-state index contributed by atoms with van der Waals surface area (Å²) < 4.78 is 2.01. The van der Waals surface area contributed by atoms with Crippen LogP contribution in [0.5, 0.6) is 0 Å². The minimum atomic E-state index is 0.146. The minimum Gasteiger partial charge on any atom is -0.328 e. The summed E-state index contributed by atoms with van der Waals surface area (Å²) in [6, 6.07) is 4.12. The van der Waals surface area contributed by atoms with E-state index in [1.54, 1.807) is 0 Å². The fraction of sp³-hybridized carbons (Fsp3) is 0.273. The van der Waals surface area contributed by atoms with E-state index in [9.17, 15) is 0 Å². The molecule has 0 amide bonds. The summed E-state index contributed by atoms with van der Waals surface area (Å²) >= 11 is 0. The van der Waals surface area contributed by atoms with Gasteiger partial charge in [0.05, 0.1) is 0 Å². The Kier molecular flexibility index (Phi) is 3.09. The van der Waals surface area contributed by atoms with E-state index in [1.807, 2.05) is 35.9 Å². The Morgan fingerprint density at radius 2 is 2.46 bits per heavy atom. The predicted molar refractivity (Wildman–Crippen MR) is 58.1 cm³/mol. The summed E-state index contributed by atoms with van der Waals surface area (Å²) in [5, 5.41) is 0. The van der Waals surface area contributed by atoms with Gasteiger partial charge in [-0.25, -0.2) is 0 Å². The normalized spacial score (nSPS) is 12.5. The van der Waals surface area contributed by atoms with E-state index in [0.717, 1.165) is 17.8 Å². The van der Waals surface area contributed by atoms with Gasteiger partial charge in [0.2, 0.25) is 0 Å². The van der Waals surface area contributed by atoms with Crippen molar-refractivity contribution >= 4 is 11.8 Å². The maximum Gasteiger partial charge on any atom is 0.0446 e. The molecule has 2 heteroatoms. The zero-order valence-corrected chi connectivity index (χ0v) is 8.03. The van der Waals surface area contributed by atoms with Crippen LogP contribution in [0.1, 0.15) is 19.0 Å². The molecular weight excluding hydrogens is 160 g/mol. The van der Waals surface area contributed by atoms with Crippen LogP contribution < -0.4 is 5.73 Å². The molecule has 1 atom stereocenters. The van der Waals surface area contributed by atoms with Crippen LogP contribution in [-0.2, 0) is 0 Å². The molecule has 1 rings (SSSR count). The third-order valence-corrected chi connectivity index (χ3v) is 1.89. The maximum absolute atomic E-state index is 5.69. The summed E-state index contributed by atoms with van der Waals surface area (Å²) in [4.78, 5) is 0. The van der Waals surface area contributed by atoms with Crippen molar-refractivity contribution in [3.8, 4) is 0 Å². The number of nitrogens with zero attached hydrogens (tertiary/aromatic N) is 1. The van der Waals surface area contributed by atoms with Crippen LogP contribution >= 0.6 is 0 Å². The molecule has 0 bridgehead atoms. The highest BCUT2D eigenvalue weighted by atomic mass is 15.0. The van der Waals surface area contributed by atoms with Crippen molar-refractivity contribution in [2.24, 2.45) is 5.73 Å². The second kappa shape index (κ2) is 4.10. The van der Waals surface area contributed by atoms with Crippen molar-refractivity contribution in [3.05, 3.63) is 37.2 Å². The standard InChI is InChI=1S/C11H16N2/c1-4-11-6-5-7-13(11)10(3)8-9(2)12/h4-7,9H,1,3,8,12H2,2H3. The van der Waals surface area contributed by atoms with E-state index in [4.69, 9.17) is 5.73 Å². The molecule has 0 aliphatic carbocycles. The Labute approximate surface area is 79.4 Å².